The van der Waals surface area contributed by atoms with E-state index in [0.717, 1.165) is 12.0 Å². The fourth-order valence-electron chi connectivity index (χ4n) is 1.58. The molecule has 0 aliphatic rings. The molecular formula is C12H12Cl2O2. The molecular weight excluding hydrogens is 247 g/mol. The van der Waals surface area contributed by atoms with Crippen LogP contribution >= 0.6 is 23.2 Å². The molecule has 0 bridgehead atoms. The van der Waals surface area contributed by atoms with Crippen molar-refractivity contribution in [3.05, 3.63) is 34.9 Å². The van der Waals surface area contributed by atoms with E-state index in [1.807, 2.05) is 13.8 Å². The molecule has 0 saturated carbocycles. The molecule has 16 heavy (non-hydrogen) atoms. The van der Waals surface area contributed by atoms with E-state index in [1.54, 1.807) is 12.1 Å². The lowest BCUT2D eigenvalue weighted by atomic mass is 9.91. The van der Waals surface area contributed by atoms with Gasteiger partial charge in [0.1, 0.15) is 0 Å². The number of halogens is 2. The first kappa shape index (κ1) is 13.2. The Morgan fingerprint density at radius 1 is 1.25 bits per heavy atom. The third-order valence-corrected chi connectivity index (χ3v) is 3.04. The molecule has 86 valence electrons. The van der Waals surface area contributed by atoms with Gasteiger partial charge in [0, 0.05) is 11.1 Å². The topological polar surface area (TPSA) is 34.1 Å². The van der Waals surface area contributed by atoms with Crippen molar-refractivity contribution in [2.24, 2.45) is 0 Å². The van der Waals surface area contributed by atoms with E-state index < -0.39 is 10.5 Å². The van der Waals surface area contributed by atoms with Gasteiger partial charge in [-0.15, -0.1) is 0 Å². The average molecular weight is 259 g/mol. The predicted octanol–water partition coefficient (Wildman–Crippen LogP) is 3.96. The number of carbonyl (C=O) groups excluding carboxylic acids is 2. The normalized spacial score (nSPS) is 12.2. The van der Waals surface area contributed by atoms with E-state index in [9.17, 15) is 9.59 Å². The van der Waals surface area contributed by atoms with Gasteiger partial charge in [-0.25, -0.2) is 0 Å². The first-order chi connectivity index (χ1) is 7.49. The Labute approximate surface area is 105 Å². The van der Waals surface area contributed by atoms with Gasteiger partial charge in [0.05, 0.1) is 0 Å². The van der Waals surface area contributed by atoms with E-state index in [-0.39, 0.29) is 17.0 Å². The SMILES string of the molecule is CCC(C)c1cccc(C(=O)Cl)c1C(=O)Cl. The van der Waals surface area contributed by atoms with Crippen LogP contribution in [0.2, 0.25) is 0 Å². The Morgan fingerprint density at radius 3 is 2.31 bits per heavy atom. The second-order valence-electron chi connectivity index (χ2n) is 3.63. The summed E-state index contributed by atoms with van der Waals surface area (Å²) in [5.74, 6) is 0.161. The molecule has 1 aromatic carbocycles. The summed E-state index contributed by atoms with van der Waals surface area (Å²) in [7, 11) is 0. The molecule has 0 radical (unpaired) electrons. The summed E-state index contributed by atoms with van der Waals surface area (Å²) in [6.45, 7) is 3.98. The maximum atomic E-state index is 11.4. The van der Waals surface area contributed by atoms with E-state index in [2.05, 4.69) is 0 Å². The molecule has 4 heteroatoms. The Bertz CT molecular complexity index is 427. The number of rotatable bonds is 4. The van der Waals surface area contributed by atoms with Crippen LogP contribution in [-0.2, 0) is 0 Å². The molecule has 0 aromatic heterocycles. The molecule has 0 aliphatic heterocycles. The van der Waals surface area contributed by atoms with Crippen molar-refractivity contribution < 1.29 is 9.59 Å². The van der Waals surface area contributed by atoms with Crippen molar-refractivity contribution in [2.45, 2.75) is 26.2 Å². The number of hydrogen-bond acceptors (Lipinski definition) is 2. The molecule has 1 aromatic rings. The summed E-state index contributed by atoms with van der Waals surface area (Å²) in [4.78, 5) is 22.6. The lowest BCUT2D eigenvalue weighted by molar-refractivity contribution is 0.105. The minimum Gasteiger partial charge on any atom is -0.276 e. The Balaban J connectivity index is 3.44. The molecule has 1 atom stereocenters. The van der Waals surface area contributed by atoms with Gasteiger partial charge in [-0.1, -0.05) is 26.0 Å². The molecule has 0 spiro atoms. The minimum absolute atomic E-state index is 0.161. The van der Waals surface area contributed by atoms with Crippen LogP contribution in [0.5, 0.6) is 0 Å². The highest BCUT2D eigenvalue weighted by Gasteiger charge is 2.20. The van der Waals surface area contributed by atoms with Gasteiger partial charge in [-0.2, -0.15) is 0 Å². The van der Waals surface area contributed by atoms with Gasteiger partial charge in [0.25, 0.3) is 10.5 Å². The zero-order valence-electron chi connectivity index (χ0n) is 9.09. The highest BCUT2D eigenvalue weighted by Crippen LogP contribution is 2.27. The van der Waals surface area contributed by atoms with Crippen molar-refractivity contribution >= 4 is 33.7 Å². The predicted molar refractivity (Wildman–Crippen MR) is 65.5 cm³/mol. The van der Waals surface area contributed by atoms with Crippen LogP contribution in [0, 0.1) is 0 Å². The Morgan fingerprint density at radius 2 is 1.88 bits per heavy atom. The van der Waals surface area contributed by atoms with Crippen LogP contribution < -0.4 is 0 Å². The molecule has 0 N–H and O–H groups in total. The van der Waals surface area contributed by atoms with Crippen molar-refractivity contribution in [3.63, 3.8) is 0 Å². The molecule has 0 fully saturated rings. The van der Waals surface area contributed by atoms with Crippen LogP contribution in [0.15, 0.2) is 18.2 Å². The van der Waals surface area contributed by atoms with E-state index in [0.29, 0.717) is 0 Å². The maximum Gasteiger partial charge on any atom is 0.253 e. The molecule has 1 unspecified atom stereocenters. The first-order valence-electron chi connectivity index (χ1n) is 5.01. The molecule has 0 aliphatic carbocycles. The van der Waals surface area contributed by atoms with Gasteiger partial charge in [-0.05, 0) is 47.2 Å². The quantitative estimate of drug-likeness (QED) is 0.767. The zero-order valence-corrected chi connectivity index (χ0v) is 10.6. The monoisotopic (exact) mass is 258 g/mol. The van der Waals surface area contributed by atoms with Crippen molar-refractivity contribution in [1.29, 1.82) is 0 Å². The smallest absolute Gasteiger partial charge is 0.253 e. The lowest BCUT2D eigenvalue weighted by Crippen LogP contribution is -2.07. The van der Waals surface area contributed by atoms with Crippen molar-refractivity contribution in [1.82, 2.24) is 0 Å². The Hall–Kier alpha value is -0.860. The molecule has 0 heterocycles. The third-order valence-electron chi connectivity index (χ3n) is 2.65. The number of hydrogen-bond donors (Lipinski definition) is 0. The van der Waals surface area contributed by atoms with E-state index >= 15 is 0 Å². The van der Waals surface area contributed by atoms with Gasteiger partial charge in [0.2, 0.25) is 0 Å². The van der Waals surface area contributed by atoms with Gasteiger partial charge in [-0.3, -0.25) is 9.59 Å². The van der Waals surface area contributed by atoms with Crippen LogP contribution in [0.4, 0.5) is 0 Å². The summed E-state index contributed by atoms with van der Waals surface area (Å²) in [6.07, 6.45) is 0.858. The number of carbonyl (C=O) groups is 2. The summed E-state index contributed by atoms with van der Waals surface area (Å²) in [6, 6.07) is 5.02. The fraction of sp³-hybridized carbons (Fsp3) is 0.333. The lowest BCUT2D eigenvalue weighted by Gasteiger charge is -2.14. The molecule has 1 rings (SSSR count). The highest BCUT2D eigenvalue weighted by atomic mass is 35.5. The zero-order chi connectivity index (χ0) is 12.3. The van der Waals surface area contributed by atoms with Gasteiger partial charge in [0.15, 0.2) is 0 Å². The third kappa shape index (κ3) is 2.63. The summed E-state index contributed by atoms with van der Waals surface area (Å²) in [5.41, 5.74) is 1.19. The van der Waals surface area contributed by atoms with E-state index in [1.165, 1.54) is 6.07 Å². The first-order valence-corrected chi connectivity index (χ1v) is 5.77. The average Bonchev–Trinajstić information content (AvgIpc) is 2.26. The maximum absolute atomic E-state index is 11.4. The van der Waals surface area contributed by atoms with Crippen LogP contribution in [-0.4, -0.2) is 10.5 Å². The fourth-order valence-corrected chi connectivity index (χ4v) is 1.95. The molecule has 0 amide bonds. The largest absolute Gasteiger partial charge is 0.276 e. The van der Waals surface area contributed by atoms with Gasteiger partial charge >= 0.3 is 0 Å². The van der Waals surface area contributed by atoms with Gasteiger partial charge < -0.3 is 0 Å². The number of benzene rings is 1. The summed E-state index contributed by atoms with van der Waals surface area (Å²) < 4.78 is 0. The standard InChI is InChI=1S/C12H12Cl2O2/c1-3-7(2)8-5-4-6-9(11(13)15)10(8)12(14)16/h4-7H,3H2,1-2H3. The minimum atomic E-state index is -0.658. The van der Waals surface area contributed by atoms with Crippen molar-refractivity contribution in [3.8, 4) is 0 Å². The summed E-state index contributed by atoms with van der Waals surface area (Å²) in [5, 5.41) is -1.30. The molecule has 2 nitrogen and oxygen atoms in total. The van der Waals surface area contributed by atoms with Crippen molar-refractivity contribution in [2.75, 3.05) is 0 Å². The Kier molecular flexibility index (Phi) is 4.51. The van der Waals surface area contributed by atoms with Crippen LogP contribution in [0.3, 0.4) is 0 Å². The van der Waals surface area contributed by atoms with Crippen LogP contribution in [0.1, 0.15) is 52.5 Å². The van der Waals surface area contributed by atoms with E-state index in [4.69, 9.17) is 23.2 Å². The highest BCUT2D eigenvalue weighted by molar-refractivity contribution is 6.72. The summed E-state index contributed by atoms with van der Waals surface area (Å²) >= 11 is 10.9. The second-order valence-corrected chi connectivity index (χ2v) is 4.31. The molecule has 0 saturated heterocycles. The second kappa shape index (κ2) is 5.46. The van der Waals surface area contributed by atoms with Crippen LogP contribution in [0.25, 0.3) is 0 Å².